The van der Waals surface area contributed by atoms with E-state index < -0.39 is 23.5 Å². The van der Waals surface area contributed by atoms with Crippen molar-refractivity contribution in [1.82, 2.24) is 4.90 Å². The van der Waals surface area contributed by atoms with E-state index in [0.717, 1.165) is 0 Å². The number of aliphatic hydroxyl groups is 1. The number of ether oxygens (including phenoxy) is 4. The van der Waals surface area contributed by atoms with Crippen molar-refractivity contribution >= 4 is 40.7 Å². The minimum absolute atomic E-state index is 0.0976. The molecule has 1 aliphatic heterocycles. The summed E-state index contributed by atoms with van der Waals surface area (Å²) in [6, 6.07) is 7.00. The highest BCUT2D eigenvalue weighted by molar-refractivity contribution is 6.46. The first-order chi connectivity index (χ1) is 16.3. The van der Waals surface area contributed by atoms with Gasteiger partial charge in [0.2, 0.25) is 0 Å². The minimum atomic E-state index is -0.904. The topological polar surface area (TPSA) is 94.5 Å². The van der Waals surface area contributed by atoms with Gasteiger partial charge in [-0.3, -0.25) is 9.59 Å². The van der Waals surface area contributed by atoms with Gasteiger partial charge in [-0.2, -0.15) is 0 Å². The second kappa shape index (κ2) is 11.0. The summed E-state index contributed by atoms with van der Waals surface area (Å²) in [6.45, 7) is 0.612. The van der Waals surface area contributed by atoms with Gasteiger partial charge < -0.3 is 29.0 Å². The molecule has 2 aromatic carbocycles. The standard InChI is InChI=1S/C24H25Cl2NO7/c1-31-9-5-8-27-20(13-6-7-17(32-2)18(10-13)33-3)19(22(29)24(27)30)21(28)15-11-14(25)12-16(26)23(15)34-4/h6-7,10-12,20,28H,5,8-9H2,1-4H3/b21-19+. The van der Waals surface area contributed by atoms with Crippen molar-refractivity contribution in [2.75, 3.05) is 41.6 Å². The zero-order valence-corrected chi connectivity index (χ0v) is 20.7. The van der Waals surface area contributed by atoms with Crippen molar-refractivity contribution in [3.05, 3.63) is 57.1 Å². The summed E-state index contributed by atoms with van der Waals surface area (Å²) in [4.78, 5) is 27.6. The molecular weight excluding hydrogens is 485 g/mol. The summed E-state index contributed by atoms with van der Waals surface area (Å²) in [5.41, 5.74) is 0.523. The lowest BCUT2D eigenvalue weighted by atomic mass is 9.94. The van der Waals surface area contributed by atoms with Crippen molar-refractivity contribution in [1.29, 1.82) is 0 Å². The molecule has 1 heterocycles. The highest BCUT2D eigenvalue weighted by atomic mass is 35.5. The van der Waals surface area contributed by atoms with Gasteiger partial charge in [0.25, 0.3) is 11.7 Å². The van der Waals surface area contributed by atoms with Crippen LogP contribution in [-0.2, 0) is 14.3 Å². The molecule has 3 rings (SSSR count). The van der Waals surface area contributed by atoms with Gasteiger partial charge in [0, 0.05) is 25.3 Å². The molecule has 1 unspecified atom stereocenters. The SMILES string of the molecule is COCCCN1C(=O)C(=O)/C(=C(/O)c2cc(Cl)cc(Cl)c2OC)C1c1ccc(OC)c(OC)c1. The Morgan fingerprint density at radius 2 is 1.71 bits per heavy atom. The summed E-state index contributed by atoms with van der Waals surface area (Å²) >= 11 is 12.4. The Morgan fingerprint density at radius 1 is 1.00 bits per heavy atom. The number of likely N-dealkylation sites (tertiary alicyclic amines) is 1. The number of carbonyl (C=O) groups excluding carboxylic acids is 2. The van der Waals surface area contributed by atoms with Crippen molar-refractivity contribution in [3.63, 3.8) is 0 Å². The molecule has 1 atom stereocenters. The fourth-order valence-electron chi connectivity index (χ4n) is 3.95. The fraction of sp³-hybridized carbons (Fsp3) is 0.333. The molecule has 1 saturated heterocycles. The van der Waals surface area contributed by atoms with E-state index in [1.54, 1.807) is 25.3 Å². The van der Waals surface area contributed by atoms with E-state index >= 15 is 0 Å². The molecule has 8 nitrogen and oxygen atoms in total. The number of amides is 1. The van der Waals surface area contributed by atoms with Crippen LogP contribution >= 0.6 is 23.2 Å². The van der Waals surface area contributed by atoms with Gasteiger partial charge >= 0.3 is 0 Å². The van der Waals surface area contributed by atoms with Gasteiger partial charge in [-0.05, 0) is 36.2 Å². The van der Waals surface area contributed by atoms with E-state index in [1.165, 1.54) is 38.4 Å². The number of Topliss-reactive ketones (excluding diaryl/α,β-unsaturated/α-hetero) is 1. The molecule has 2 aromatic rings. The van der Waals surface area contributed by atoms with Crippen LogP contribution in [-0.4, -0.2) is 63.3 Å². The predicted molar refractivity (Wildman–Crippen MR) is 128 cm³/mol. The van der Waals surface area contributed by atoms with Crippen LogP contribution in [0.1, 0.15) is 23.6 Å². The van der Waals surface area contributed by atoms with Crippen LogP contribution in [0.25, 0.3) is 5.76 Å². The highest BCUT2D eigenvalue weighted by Gasteiger charge is 2.46. The number of hydrogen-bond donors (Lipinski definition) is 1. The Morgan fingerprint density at radius 3 is 2.32 bits per heavy atom. The second-order valence-electron chi connectivity index (χ2n) is 7.42. The summed E-state index contributed by atoms with van der Waals surface area (Å²) < 4.78 is 21.2. The Labute approximate surface area is 207 Å². The van der Waals surface area contributed by atoms with Crippen LogP contribution in [0.5, 0.6) is 17.2 Å². The number of ketones is 1. The van der Waals surface area contributed by atoms with Gasteiger partial charge in [-0.25, -0.2) is 0 Å². The predicted octanol–water partition coefficient (Wildman–Crippen LogP) is 4.48. The summed E-state index contributed by atoms with van der Waals surface area (Å²) in [5, 5.41) is 11.7. The first-order valence-corrected chi connectivity index (χ1v) is 11.1. The maximum atomic E-state index is 13.2. The molecule has 0 spiro atoms. The number of hydrogen-bond acceptors (Lipinski definition) is 7. The quantitative estimate of drug-likeness (QED) is 0.230. The molecule has 0 saturated carbocycles. The van der Waals surface area contributed by atoms with Gasteiger partial charge in [0.15, 0.2) is 11.5 Å². The molecule has 1 N–H and O–H groups in total. The Balaban J connectivity index is 2.26. The first-order valence-electron chi connectivity index (χ1n) is 10.3. The molecule has 1 fully saturated rings. The van der Waals surface area contributed by atoms with Gasteiger partial charge in [0.1, 0.15) is 11.5 Å². The average Bonchev–Trinajstić information content (AvgIpc) is 3.07. The number of rotatable bonds is 9. The molecule has 1 aliphatic rings. The van der Waals surface area contributed by atoms with E-state index in [-0.39, 0.29) is 33.5 Å². The summed E-state index contributed by atoms with van der Waals surface area (Å²) in [6.07, 6.45) is 0.486. The molecule has 1 amide bonds. The normalized spacial score (nSPS) is 17.2. The Hall–Kier alpha value is -2.94. The molecule has 0 aliphatic carbocycles. The van der Waals surface area contributed by atoms with E-state index in [2.05, 4.69) is 0 Å². The number of methoxy groups -OCH3 is 4. The van der Waals surface area contributed by atoms with Crippen LogP contribution in [0, 0.1) is 0 Å². The van der Waals surface area contributed by atoms with Crippen LogP contribution in [0.2, 0.25) is 10.0 Å². The van der Waals surface area contributed by atoms with Crippen molar-refractivity contribution in [2.45, 2.75) is 12.5 Å². The third-order valence-electron chi connectivity index (χ3n) is 5.48. The van der Waals surface area contributed by atoms with Crippen molar-refractivity contribution in [3.8, 4) is 17.2 Å². The molecule has 182 valence electrons. The number of halogens is 2. The third-order valence-corrected chi connectivity index (χ3v) is 5.98. The van der Waals surface area contributed by atoms with Gasteiger partial charge in [0.05, 0.1) is 43.5 Å². The van der Waals surface area contributed by atoms with E-state index in [0.29, 0.717) is 30.1 Å². The Bertz CT molecular complexity index is 1130. The lowest BCUT2D eigenvalue weighted by molar-refractivity contribution is -0.140. The third kappa shape index (κ3) is 4.80. The summed E-state index contributed by atoms with van der Waals surface area (Å²) in [5.74, 6) is -1.03. The highest BCUT2D eigenvalue weighted by Crippen LogP contribution is 2.44. The van der Waals surface area contributed by atoms with Gasteiger partial charge in [-0.1, -0.05) is 29.3 Å². The van der Waals surface area contributed by atoms with Crippen LogP contribution in [0.4, 0.5) is 0 Å². The molecule has 34 heavy (non-hydrogen) atoms. The van der Waals surface area contributed by atoms with Crippen LogP contribution in [0.3, 0.4) is 0 Å². The number of carbonyl (C=O) groups is 2. The molecule has 0 radical (unpaired) electrons. The molecule has 10 heteroatoms. The number of aliphatic hydroxyl groups excluding tert-OH is 1. The minimum Gasteiger partial charge on any atom is -0.507 e. The molecular formula is C24H25Cl2NO7. The lowest BCUT2D eigenvalue weighted by Gasteiger charge is -2.26. The maximum Gasteiger partial charge on any atom is 0.295 e. The fourth-order valence-corrected chi connectivity index (χ4v) is 4.52. The van der Waals surface area contributed by atoms with Crippen LogP contribution < -0.4 is 14.2 Å². The van der Waals surface area contributed by atoms with E-state index in [9.17, 15) is 14.7 Å². The zero-order chi connectivity index (χ0) is 25.0. The van der Waals surface area contributed by atoms with Crippen LogP contribution in [0.15, 0.2) is 35.9 Å². The number of nitrogens with zero attached hydrogens (tertiary/aromatic N) is 1. The zero-order valence-electron chi connectivity index (χ0n) is 19.2. The average molecular weight is 510 g/mol. The van der Waals surface area contributed by atoms with Crippen molar-refractivity contribution < 1.29 is 33.6 Å². The second-order valence-corrected chi connectivity index (χ2v) is 8.27. The summed E-state index contributed by atoms with van der Waals surface area (Å²) in [7, 11) is 5.91. The molecule has 0 aromatic heterocycles. The Kier molecular flexibility index (Phi) is 8.30. The van der Waals surface area contributed by atoms with Crippen molar-refractivity contribution in [2.24, 2.45) is 0 Å². The first kappa shape index (κ1) is 25.7. The number of benzene rings is 2. The van der Waals surface area contributed by atoms with E-state index in [1.807, 2.05) is 0 Å². The smallest absolute Gasteiger partial charge is 0.295 e. The maximum absolute atomic E-state index is 13.2. The molecule has 0 bridgehead atoms. The van der Waals surface area contributed by atoms with E-state index in [4.69, 9.17) is 42.1 Å². The monoisotopic (exact) mass is 509 g/mol. The van der Waals surface area contributed by atoms with Gasteiger partial charge in [-0.15, -0.1) is 0 Å². The largest absolute Gasteiger partial charge is 0.507 e. The lowest BCUT2D eigenvalue weighted by Crippen LogP contribution is -2.31.